The Hall–Kier alpha value is -1.35. The van der Waals surface area contributed by atoms with Gasteiger partial charge in [0.15, 0.2) is 0 Å². The normalized spacial score (nSPS) is 35.1. The zero-order valence-electron chi connectivity index (χ0n) is 11.8. The fourth-order valence-corrected chi connectivity index (χ4v) is 4.48. The van der Waals surface area contributed by atoms with Crippen LogP contribution in [0.3, 0.4) is 0 Å². The van der Waals surface area contributed by atoms with Crippen LogP contribution in [0.25, 0.3) is 0 Å². The topological polar surface area (TPSA) is 46.3 Å². The van der Waals surface area contributed by atoms with E-state index in [0.29, 0.717) is 23.8 Å². The number of carbonyl (C=O) groups is 1. The van der Waals surface area contributed by atoms with Gasteiger partial charge in [0.1, 0.15) is 0 Å². The molecule has 0 spiro atoms. The highest BCUT2D eigenvalue weighted by molar-refractivity contribution is 5.85. The van der Waals surface area contributed by atoms with E-state index in [4.69, 9.17) is 5.73 Å². The lowest BCUT2D eigenvalue weighted by molar-refractivity contribution is -0.135. The molecule has 2 fully saturated rings. The van der Waals surface area contributed by atoms with E-state index in [9.17, 15) is 4.79 Å². The number of likely N-dealkylation sites (tertiary alicyclic amines) is 1. The van der Waals surface area contributed by atoms with Crippen molar-refractivity contribution in [3.05, 3.63) is 35.4 Å². The predicted molar refractivity (Wildman–Crippen MR) is 78.3 cm³/mol. The maximum atomic E-state index is 12.9. The predicted octanol–water partition coefficient (Wildman–Crippen LogP) is 1.91. The van der Waals surface area contributed by atoms with Crippen LogP contribution in [0.5, 0.6) is 0 Å². The highest BCUT2D eigenvalue weighted by Crippen LogP contribution is 2.39. The Morgan fingerprint density at radius 3 is 2.55 bits per heavy atom. The van der Waals surface area contributed by atoms with E-state index in [2.05, 4.69) is 29.2 Å². The lowest BCUT2D eigenvalue weighted by atomic mass is 9.91. The minimum absolute atomic E-state index is 0.0972. The van der Waals surface area contributed by atoms with Crippen molar-refractivity contribution in [1.29, 1.82) is 0 Å². The maximum absolute atomic E-state index is 12.9. The third-order valence-corrected chi connectivity index (χ3v) is 5.65. The molecule has 2 bridgehead atoms. The second-order valence-electron chi connectivity index (χ2n) is 6.71. The maximum Gasteiger partial charge on any atom is 0.230 e. The van der Waals surface area contributed by atoms with Crippen LogP contribution in [0.2, 0.25) is 0 Å². The van der Waals surface area contributed by atoms with Gasteiger partial charge in [-0.3, -0.25) is 4.79 Å². The summed E-state index contributed by atoms with van der Waals surface area (Å²) in [6, 6.07) is 8.76. The molecular formula is C17H22N2O. The van der Waals surface area contributed by atoms with Crippen LogP contribution in [0, 0.1) is 11.8 Å². The first-order valence-electron chi connectivity index (χ1n) is 7.86. The molecule has 1 saturated carbocycles. The molecule has 1 heterocycles. The van der Waals surface area contributed by atoms with E-state index in [1.54, 1.807) is 0 Å². The third-order valence-electron chi connectivity index (χ3n) is 5.65. The molecule has 1 amide bonds. The van der Waals surface area contributed by atoms with Crippen LogP contribution in [0.1, 0.15) is 36.3 Å². The largest absolute Gasteiger partial charge is 0.341 e. The quantitative estimate of drug-likeness (QED) is 0.847. The van der Waals surface area contributed by atoms with Crippen LogP contribution in [0.4, 0.5) is 0 Å². The van der Waals surface area contributed by atoms with Gasteiger partial charge in [0.25, 0.3) is 0 Å². The van der Waals surface area contributed by atoms with Gasteiger partial charge in [-0.05, 0) is 48.6 Å². The molecule has 0 aromatic heterocycles. The lowest BCUT2D eigenvalue weighted by Crippen LogP contribution is -2.51. The number of carbonyl (C=O) groups excluding carboxylic acids is 1. The van der Waals surface area contributed by atoms with E-state index in [0.717, 1.165) is 25.9 Å². The molecule has 2 unspecified atom stereocenters. The fourth-order valence-electron chi connectivity index (χ4n) is 4.48. The summed E-state index contributed by atoms with van der Waals surface area (Å²) in [6.07, 6.45) is 4.44. The van der Waals surface area contributed by atoms with Gasteiger partial charge >= 0.3 is 0 Å². The zero-order chi connectivity index (χ0) is 13.7. The van der Waals surface area contributed by atoms with E-state index < -0.39 is 0 Å². The molecule has 3 nitrogen and oxygen atoms in total. The number of nitrogens with zero attached hydrogens (tertiary/aromatic N) is 1. The third kappa shape index (κ3) is 1.80. The van der Waals surface area contributed by atoms with Crippen molar-refractivity contribution in [3.8, 4) is 0 Å². The van der Waals surface area contributed by atoms with Gasteiger partial charge < -0.3 is 10.6 Å². The summed E-state index contributed by atoms with van der Waals surface area (Å²) in [5.74, 6) is 1.52. The standard InChI is InChI=1S/C17H22N2O/c18-16-12-5-6-13(16)10-19(9-12)17(20)15-8-7-11-3-1-2-4-14(11)15/h1-4,12-13,15-16H,5-10,18H2/t12-,13+,15?,16?. The SMILES string of the molecule is NC1[C@@H]2CC[C@H]1CN(C(=O)C1CCc3ccccc31)C2. The van der Waals surface area contributed by atoms with E-state index in [-0.39, 0.29) is 5.92 Å². The zero-order valence-corrected chi connectivity index (χ0v) is 11.8. The van der Waals surface area contributed by atoms with Crippen LogP contribution in [0.15, 0.2) is 24.3 Å². The van der Waals surface area contributed by atoms with E-state index in [1.807, 2.05) is 0 Å². The summed E-state index contributed by atoms with van der Waals surface area (Å²) >= 11 is 0. The Labute approximate surface area is 120 Å². The first kappa shape index (κ1) is 12.4. The number of fused-ring (bicyclic) bond motifs is 3. The molecule has 3 heteroatoms. The molecule has 2 N–H and O–H groups in total. The smallest absolute Gasteiger partial charge is 0.230 e. The molecule has 4 atom stereocenters. The van der Waals surface area contributed by atoms with Crippen molar-refractivity contribution < 1.29 is 4.79 Å². The summed E-state index contributed by atoms with van der Waals surface area (Å²) in [5.41, 5.74) is 8.87. The Balaban J connectivity index is 1.55. The molecule has 1 aromatic rings. The molecule has 1 saturated heterocycles. The van der Waals surface area contributed by atoms with Gasteiger partial charge in [-0.15, -0.1) is 0 Å². The molecule has 106 valence electrons. The highest BCUT2D eigenvalue weighted by Gasteiger charge is 2.43. The Morgan fingerprint density at radius 2 is 1.80 bits per heavy atom. The molecule has 0 radical (unpaired) electrons. The lowest BCUT2D eigenvalue weighted by Gasteiger charge is -2.37. The second-order valence-corrected chi connectivity index (χ2v) is 6.71. The number of hydrogen-bond donors (Lipinski definition) is 1. The number of nitrogens with two attached hydrogens (primary N) is 1. The molecule has 20 heavy (non-hydrogen) atoms. The van der Waals surface area contributed by atoms with Crippen molar-refractivity contribution in [2.45, 2.75) is 37.6 Å². The van der Waals surface area contributed by atoms with Gasteiger partial charge in [0.2, 0.25) is 5.91 Å². The summed E-state index contributed by atoms with van der Waals surface area (Å²) in [4.78, 5) is 15.0. The van der Waals surface area contributed by atoms with Crippen LogP contribution in [-0.2, 0) is 11.2 Å². The van der Waals surface area contributed by atoms with Crippen molar-refractivity contribution >= 4 is 5.91 Å². The molecular weight excluding hydrogens is 248 g/mol. The monoisotopic (exact) mass is 270 g/mol. The Morgan fingerprint density at radius 1 is 1.10 bits per heavy atom. The van der Waals surface area contributed by atoms with Crippen LogP contribution >= 0.6 is 0 Å². The average molecular weight is 270 g/mol. The highest BCUT2D eigenvalue weighted by atomic mass is 16.2. The van der Waals surface area contributed by atoms with Gasteiger partial charge in [0, 0.05) is 19.1 Å². The number of piperidine rings is 1. The van der Waals surface area contributed by atoms with Gasteiger partial charge in [-0.2, -0.15) is 0 Å². The number of rotatable bonds is 1. The first-order chi connectivity index (χ1) is 9.74. The fraction of sp³-hybridized carbons (Fsp3) is 0.588. The average Bonchev–Trinajstić information content (AvgIpc) is 2.95. The summed E-state index contributed by atoms with van der Waals surface area (Å²) in [6.45, 7) is 1.77. The molecule has 1 aromatic carbocycles. The number of hydrogen-bond acceptors (Lipinski definition) is 2. The Bertz CT molecular complexity index is 528. The molecule has 2 aliphatic carbocycles. The van der Waals surface area contributed by atoms with Crippen molar-refractivity contribution in [2.75, 3.05) is 13.1 Å². The van der Waals surface area contributed by atoms with Crippen LogP contribution < -0.4 is 5.73 Å². The van der Waals surface area contributed by atoms with Crippen molar-refractivity contribution in [2.24, 2.45) is 17.6 Å². The van der Waals surface area contributed by atoms with Crippen molar-refractivity contribution in [1.82, 2.24) is 4.90 Å². The van der Waals surface area contributed by atoms with E-state index in [1.165, 1.54) is 24.0 Å². The summed E-state index contributed by atoms with van der Waals surface area (Å²) in [7, 11) is 0. The number of amides is 1. The summed E-state index contributed by atoms with van der Waals surface area (Å²) < 4.78 is 0. The van der Waals surface area contributed by atoms with Gasteiger partial charge in [-0.1, -0.05) is 24.3 Å². The van der Waals surface area contributed by atoms with Gasteiger partial charge in [-0.25, -0.2) is 0 Å². The number of aryl methyl sites for hydroxylation is 1. The molecule has 4 rings (SSSR count). The molecule has 3 aliphatic rings. The minimum Gasteiger partial charge on any atom is -0.341 e. The van der Waals surface area contributed by atoms with E-state index >= 15 is 0 Å². The van der Waals surface area contributed by atoms with Gasteiger partial charge in [0.05, 0.1) is 5.92 Å². The number of benzene rings is 1. The Kier molecular flexibility index (Phi) is 2.84. The minimum atomic E-state index is 0.0972. The second kappa shape index (κ2) is 4.59. The first-order valence-corrected chi connectivity index (χ1v) is 7.86. The van der Waals surface area contributed by atoms with Crippen molar-refractivity contribution in [3.63, 3.8) is 0 Å². The van der Waals surface area contributed by atoms with Crippen LogP contribution in [-0.4, -0.2) is 29.9 Å². The molecule has 1 aliphatic heterocycles. The summed E-state index contributed by atoms with van der Waals surface area (Å²) in [5, 5.41) is 0.